The number of rotatable bonds is 5. The minimum atomic E-state index is -0.120. The van der Waals surface area contributed by atoms with Gasteiger partial charge in [-0.1, -0.05) is 0 Å². The lowest BCUT2D eigenvalue weighted by Gasteiger charge is -2.20. The largest absolute Gasteiger partial charge is 0.395 e. The first-order valence-electron chi connectivity index (χ1n) is 5.18. The van der Waals surface area contributed by atoms with Crippen LogP contribution in [0.3, 0.4) is 0 Å². The van der Waals surface area contributed by atoms with Gasteiger partial charge in [-0.05, 0) is 19.9 Å². The number of thiophene rings is 1. The molecule has 0 aliphatic carbocycles. The SMILES string of the molecule is Cc1cc(C(=O)N(CCO)CCO)c(C)s1. The fraction of sp³-hybridized carbons (Fsp3) is 0.545. The molecule has 1 aromatic heterocycles. The van der Waals surface area contributed by atoms with Crippen LogP contribution in [0, 0.1) is 13.8 Å². The normalized spacial score (nSPS) is 10.5. The van der Waals surface area contributed by atoms with E-state index in [1.54, 1.807) is 11.3 Å². The van der Waals surface area contributed by atoms with Gasteiger partial charge in [0.25, 0.3) is 5.91 Å². The Morgan fingerprint density at radius 1 is 1.31 bits per heavy atom. The third-order valence-electron chi connectivity index (χ3n) is 2.30. The van der Waals surface area contributed by atoms with Crippen molar-refractivity contribution in [2.45, 2.75) is 13.8 Å². The van der Waals surface area contributed by atoms with E-state index in [0.29, 0.717) is 5.56 Å². The summed E-state index contributed by atoms with van der Waals surface area (Å²) in [4.78, 5) is 15.6. The van der Waals surface area contributed by atoms with Crippen molar-refractivity contribution < 1.29 is 15.0 Å². The first kappa shape index (κ1) is 13.2. The van der Waals surface area contributed by atoms with Crippen molar-refractivity contribution in [2.24, 2.45) is 0 Å². The molecule has 0 aliphatic rings. The van der Waals surface area contributed by atoms with Crippen LogP contribution in [0.4, 0.5) is 0 Å². The molecule has 0 fully saturated rings. The van der Waals surface area contributed by atoms with Crippen LogP contribution in [0.1, 0.15) is 20.1 Å². The zero-order valence-corrected chi connectivity index (χ0v) is 10.4. The Kier molecular flexibility index (Phi) is 4.92. The number of carbonyl (C=O) groups is 1. The Morgan fingerprint density at radius 3 is 2.25 bits per heavy atom. The molecule has 4 nitrogen and oxygen atoms in total. The molecule has 1 amide bonds. The lowest BCUT2D eigenvalue weighted by molar-refractivity contribution is 0.0684. The maximum absolute atomic E-state index is 12.1. The van der Waals surface area contributed by atoms with Crippen LogP contribution in [0.25, 0.3) is 0 Å². The van der Waals surface area contributed by atoms with Crippen molar-refractivity contribution >= 4 is 17.2 Å². The van der Waals surface area contributed by atoms with Gasteiger partial charge >= 0.3 is 0 Å². The number of aryl methyl sites for hydroxylation is 2. The highest BCUT2D eigenvalue weighted by atomic mass is 32.1. The summed E-state index contributed by atoms with van der Waals surface area (Å²) in [5.41, 5.74) is 0.671. The van der Waals surface area contributed by atoms with E-state index in [4.69, 9.17) is 10.2 Å². The summed E-state index contributed by atoms with van der Waals surface area (Å²) in [6.07, 6.45) is 0. The number of hydrogen-bond donors (Lipinski definition) is 2. The Labute approximate surface area is 99.1 Å². The summed E-state index contributed by atoms with van der Waals surface area (Å²) >= 11 is 1.58. The number of carbonyl (C=O) groups excluding carboxylic acids is 1. The molecular weight excluding hydrogens is 226 g/mol. The Balaban J connectivity index is 2.85. The molecule has 90 valence electrons. The van der Waals surface area contributed by atoms with Gasteiger partial charge in [-0.2, -0.15) is 0 Å². The van der Waals surface area contributed by atoms with Crippen molar-refractivity contribution in [3.05, 3.63) is 21.4 Å². The molecule has 0 saturated carbocycles. The molecule has 1 heterocycles. The number of hydrogen-bond acceptors (Lipinski definition) is 4. The van der Waals surface area contributed by atoms with E-state index in [2.05, 4.69) is 0 Å². The molecule has 5 heteroatoms. The average molecular weight is 243 g/mol. The Morgan fingerprint density at radius 2 is 1.88 bits per heavy atom. The fourth-order valence-corrected chi connectivity index (χ4v) is 2.49. The molecule has 0 bridgehead atoms. The van der Waals surface area contributed by atoms with Gasteiger partial charge in [0.15, 0.2) is 0 Å². The smallest absolute Gasteiger partial charge is 0.255 e. The number of aliphatic hydroxyl groups is 2. The highest BCUT2D eigenvalue weighted by Crippen LogP contribution is 2.21. The molecule has 0 atom stereocenters. The Bertz CT molecular complexity index is 356. The maximum Gasteiger partial charge on any atom is 0.255 e. The van der Waals surface area contributed by atoms with Gasteiger partial charge < -0.3 is 15.1 Å². The molecule has 1 aromatic rings. The van der Waals surface area contributed by atoms with E-state index in [9.17, 15) is 4.79 Å². The summed E-state index contributed by atoms with van der Waals surface area (Å²) in [6.45, 7) is 4.20. The van der Waals surface area contributed by atoms with E-state index in [1.807, 2.05) is 19.9 Å². The van der Waals surface area contributed by atoms with Crippen LogP contribution in [-0.2, 0) is 0 Å². The molecular formula is C11H17NO3S. The van der Waals surface area contributed by atoms with Gasteiger partial charge in [-0.15, -0.1) is 11.3 Å². The summed E-state index contributed by atoms with van der Waals surface area (Å²) in [6, 6.07) is 1.85. The van der Waals surface area contributed by atoms with Crippen LogP contribution in [0.15, 0.2) is 6.07 Å². The van der Waals surface area contributed by atoms with E-state index < -0.39 is 0 Å². The molecule has 0 aromatic carbocycles. The quantitative estimate of drug-likeness (QED) is 0.804. The standard InChI is InChI=1S/C11H17NO3S/c1-8-7-10(9(2)16-8)11(15)12(3-5-13)4-6-14/h7,13-14H,3-6H2,1-2H3. The predicted molar refractivity (Wildman–Crippen MR) is 63.9 cm³/mol. The molecule has 0 radical (unpaired) electrons. The Hall–Kier alpha value is -0.910. The zero-order chi connectivity index (χ0) is 12.1. The van der Waals surface area contributed by atoms with Crippen LogP contribution < -0.4 is 0 Å². The van der Waals surface area contributed by atoms with E-state index in [-0.39, 0.29) is 32.2 Å². The van der Waals surface area contributed by atoms with Gasteiger partial charge in [0.05, 0.1) is 18.8 Å². The van der Waals surface area contributed by atoms with Gasteiger partial charge in [-0.25, -0.2) is 0 Å². The van der Waals surface area contributed by atoms with Crippen LogP contribution in [0.2, 0.25) is 0 Å². The molecule has 0 saturated heterocycles. The summed E-state index contributed by atoms with van der Waals surface area (Å²) in [5, 5.41) is 17.7. The second kappa shape index (κ2) is 5.98. The molecule has 0 aliphatic heterocycles. The van der Waals surface area contributed by atoms with Crippen molar-refractivity contribution in [2.75, 3.05) is 26.3 Å². The van der Waals surface area contributed by atoms with E-state index >= 15 is 0 Å². The van der Waals surface area contributed by atoms with Crippen molar-refractivity contribution in [1.82, 2.24) is 4.90 Å². The second-order valence-corrected chi connectivity index (χ2v) is 5.03. The fourth-order valence-electron chi connectivity index (χ4n) is 1.57. The lowest BCUT2D eigenvalue weighted by Crippen LogP contribution is -2.35. The molecule has 16 heavy (non-hydrogen) atoms. The minimum absolute atomic E-state index is 0.0894. The zero-order valence-electron chi connectivity index (χ0n) is 9.56. The van der Waals surface area contributed by atoms with E-state index in [0.717, 1.165) is 9.75 Å². The van der Waals surface area contributed by atoms with Gasteiger partial charge in [0.2, 0.25) is 0 Å². The first-order valence-corrected chi connectivity index (χ1v) is 5.99. The highest BCUT2D eigenvalue weighted by molar-refractivity contribution is 7.12. The number of nitrogens with zero attached hydrogens (tertiary/aromatic N) is 1. The minimum Gasteiger partial charge on any atom is -0.395 e. The highest BCUT2D eigenvalue weighted by Gasteiger charge is 2.18. The third kappa shape index (κ3) is 3.04. The molecule has 0 unspecified atom stereocenters. The molecule has 0 spiro atoms. The summed E-state index contributed by atoms with van der Waals surface area (Å²) < 4.78 is 0. The van der Waals surface area contributed by atoms with Crippen LogP contribution in [0.5, 0.6) is 0 Å². The van der Waals surface area contributed by atoms with Crippen molar-refractivity contribution in [3.8, 4) is 0 Å². The lowest BCUT2D eigenvalue weighted by atomic mass is 10.2. The summed E-state index contributed by atoms with van der Waals surface area (Å²) in [7, 11) is 0. The van der Waals surface area contributed by atoms with Crippen molar-refractivity contribution in [3.63, 3.8) is 0 Å². The first-order chi connectivity index (χ1) is 7.60. The predicted octanol–water partition coefficient (Wildman–Crippen LogP) is 0.792. The molecule has 1 rings (SSSR count). The molecule has 2 N–H and O–H groups in total. The van der Waals surface area contributed by atoms with Gasteiger partial charge in [-0.3, -0.25) is 4.79 Å². The second-order valence-electron chi connectivity index (χ2n) is 3.57. The van der Waals surface area contributed by atoms with Gasteiger partial charge in [0.1, 0.15) is 0 Å². The van der Waals surface area contributed by atoms with Gasteiger partial charge in [0, 0.05) is 22.8 Å². The summed E-state index contributed by atoms with van der Waals surface area (Å²) in [5.74, 6) is -0.120. The van der Waals surface area contributed by atoms with E-state index in [1.165, 1.54) is 4.90 Å². The third-order valence-corrected chi connectivity index (χ3v) is 3.26. The number of aliphatic hydroxyl groups excluding tert-OH is 2. The van der Waals surface area contributed by atoms with Crippen LogP contribution in [-0.4, -0.2) is 47.3 Å². The topological polar surface area (TPSA) is 60.8 Å². The maximum atomic E-state index is 12.1. The van der Waals surface area contributed by atoms with Crippen LogP contribution >= 0.6 is 11.3 Å². The van der Waals surface area contributed by atoms with Crippen molar-refractivity contribution in [1.29, 1.82) is 0 Å². The average Bonchev–Trinajstić information content (AvgIpc) is 2.56. The number of amides is 1. The monoisotopic (exact) mass is 243 g/mol.